The highest BCUT2D eigenvalue weighted by atomic mass is 19.1. The number of hydrogen-bond donors (Lipinski definition) is 2. The maximum atomic E-state index is 12.8. The Bertz CT molecular complexity index is 612. The molecule has 0 fully saturated rings. The van der Waals surface area contributed by atoms with Crippen LogP contribution in [0.2, 0.25) is 0 Å². The second-order valence-electron chi connectivity index (χ2n) is 4.82. The summed E-state index contributed by atoms with van der Waals surface area (Å²) in [5, 5.41) is 5.83. The minimum absolute atomic E-state index is 0.173. The van der Waals surface area contributed by atoms with Crippen molar-refractivity contribution in [3.05, 3.63) is 54.3 Å². The van der Waals surface area contributed by atoms with Gasteiger partial charge in [0.05, 0.1) is 6.61 Å². The minimum Gasteiger partial charge on any atom is -0.494 e. The first-order chi connectivity index (χ1) is 10.6. The van der Waals surface area contributed by atoms with Crippen molar-refractivity contribution in [2.24, 2.45) is 0 Å². The van der Waals surface area contributed by atoms with E-state index >= 15 is 0 Å². The van der Waals surface area contributed by atoms with Crippen LogP contribution in [0, 0.1) is 5.82 Å². The topological polar surface area (TPSA) is 50.4 Å². The molecule has 116 valence electrons. The van der Waals surface area contributed by atoms with E-state index < -0.39 is 6.04 Å². The Morgan fingerprint density at radius 3 is 2.27 bits per heavy atom. The third-order valence-corrected chi connectivity index (χ3v) is 3.05. The van der Waals surface area contributed by atoms with Crippen LogP contribution in [-0.2, 0) is 4.79 Å². The first-order valence-corrected chi connectivity index (χ1v) is 7.14. The van der Waals surface area contributed by atoms with Gasteiger partial charge in [0, 0.05) is 11.4 Å². The summed E-state index contributed by atoms with van der Waals surface area (Å²) in [6.45, 7) is 4.26. The van der Waals surface area contributed by atoms with E-state index in [4.69, 9.17) is 4.74 Å². The molecular formula is C17H19FN2O2. The Morgan fingerprint density at radius 1 is 1.09 bits per heavy atom. The summed E-state index contributed by atoms with van der Waals surface area (Å²) in [7, 11) is 0. The van der Waals surface area contributed by atoms with E-state index in [1.807, 2.05) is 6.92 Å². The van der Waals surface area contributed by atoms with Crippen molar-refractivity contribution in [3.63, 3.8) is 0 Å². The van der Waals surface area contributed by atoms with E-state index in [1.54, 1.807) is 43.3 Å². The quantitative estimate of drug-likeness (QED) is 0.856. The van der Waals surface area contributed by atoms with Gasteiger partial charge < -0.3 is 15.4 Å². The number of carbonyl (C=O) groups excluding carboxylic acids is 1. The van der Waals surface area contributed by atoms with Gasteiger partial charge in [-0.05, 0) is 62.4 Å². The van der Waals surface area contributed by atoms with Gasteiger partial charge in [-0.25, -0.2) is 4.39 Å². The molecule has 0 saturated carbocycles. The molecule has 0 spiro atoms. The van der Waals surface area contributed by atoms with Crippen LogP contribution in [0.3, 0.4) is 0 Å². The van der Waals surface area contributed by atoms with Crippen molar-refractivity contribution >= 4 is 17.3 Å². The average Bonchev–Trinajstić information content (AvgIpc) is 2.51. The zero-order valence-electron chi connectivity index (χ0n) is 12.6. The summed E-state index contributed by atoms with van der Waals surface area (Å²) < 4.78 is 18.2. The van der Waals surface area contributed by atoms with Crippen LogP contribution in [-0.4, -0.2) is 18.6 Å². The maximum Gasteiger partial charge on any atom is 0.246 e. The SMILES string of the molecule is CCOc1ccc(NC(=O)C(C)Nc2ccc(F)cc2)cc1. The number of amides is 1. The lowest BCUT2D eigenvalue weighted by Crippen LogP contribution is -2.31. The standard InChI is InChI=1S/C17H19FN2O2/c1-3-22-16-10-8-15(9-11-16)20-17(21)12(2)19-14-6-4-13(18)5-7-14/h4-12,19H,3H2,1-2H3,(H,20,21). The number of benzene rings is 2. The van der Waals surface area contributed by atoms with Crippen molar-refractivity contribution < 1.29 is 13.9 Å². The summed E-state index contributed by atoms with van der Waals surface area (Å²) >= 11 is 0. The lowest BCUT2D eigenvalue weighted by Gasteiger charge is -2.15. The summed E-state index contributed by atoms with van der Waals surface area (Å²) in [4.78, 5) is 12.1. The van der Waals surface area contributed by atoms with Crippen molar-refractivity contribution in [2.45, 2.75) is 19.9 Å². The van der Waals surface area contributed by atoms with Crippen LogP contribution < -0.4 is 15.4 Å². The smallest absolute Gasteiger partial charge is 0.246 e. The Hall–Kier alpha value is -2.56. The van der Waals surface area contributed by atoms with E-state index in [9.17, 15) is 9.18 Å². The fraction of sp³-hybridized carbons (Fsp3) is 0.235. The number of hydrogen-bond acceptors (Lipinski definition) is 3. The summed E-state index contributed by atoms with van der Waals surface area (Å²) in [6, 6.07) is 12.6. The Balaban J connectivity index is 1.91. The number of nitrogens with one attached hydrogen (secondary N) is 2. The molecule has 22 heavy (non-hydrogen) atoms. The predicted molar refractivity (Wildman–Crippen MR) is 85.7 cm³/mol. The molecule has 0 radical (unpaired) electrons. The fourth-order valence-electron chi connectivity index (χ4n) is 1.91. The molecule has 2 rings (SSSR count). The highest BCUT2D eigenvalue weighted by Gasteiger charge is 2.12. The molecular weight excluding hydrogens is 283 g/mol. The second kappa shape index (κ2) is 7.45. The number of anilines is 2. The third-order valence-electron chi connectivity index (χ3n) is 3.05. The number of halogens is 1. The molecule has 0 saturated heterocycles. The molecule has 0 aliphatic rings. The third kappa shape index (κ3) is 4.48. The van der Waals surface area contributed by atoms with E-state index in [0.717, 1.165) is 5.75 Å². The monoisotopic (exact) mass is 302 g/mol. The van der Waals surface area contributed by atoms with Crippen LogP contribution in [0.25, 0.3) is 0 Å². The van der Waals surface area contributed by atoms with Crippen LogP contribution >= 0.6 is 0 Å². The summed E-state index contributed by atoms with van der Waals surface area (Å²) in [5.41, 5.74) is 1.39. The molecule has 2 aromatic carbocycles. The Labute approximate surface area is 129 Å². The van der Waals surface area contributed by atoms with Crippen LogP contribution in [0.15, 0.2) is 48.5 Å². The van der Waals surface area contributed by atoms with E-state index in [1.165, 1.54) is 12.1 Å². The van der Waals surface area contributed by atoms with Gasteiger partial charge in [-0.1, -0.05) is 0 Å². The lowest BCUT2D eigenvalue weighted by molar-refractivity contribution is -0.116. The van der Waals surface area contributed by atoms with Crippen LogP contribution in [0.4, 0.5) is 15.8 Å². The molecule has 0 aromatic heterocycles. The molecule has 0 heterocycles. The molecule has 0 bridgehead atoms. The number of rotatable bonds is 6. The van der Waals surface area contributed by atoms with E-state index in [-0.39, 0.29) is 11.7 Å². The maximum absolute atomic E-state index is 12.8. The molecule has 2 N–H and O–H groups in total. The molecule has 1 amide bonds. The normalized spacial score (nSPS) is 11.6. The summed E-state index contributed by atoms with van der Waals surface area (Å²) in [6.07, 6.45) is 0. The van der Waals surface area contributed by atoms with E-state index in [2.05, 4.69) is 10.6 Å². The zero-order chi connectivity index (χ0) is 15.9. The molecule has 5 heteroatoms. The Morgan fingerprint density at radius 2 is 1.68 bits per heavy atom. The molecule has 0 aliphatic heterocycles. The van der Waals surface area contributed by atoms with Crippen molar-refractivity contribution in [2.75, 3.05) is 17.2 Å². The van der Waals surface area contributed by atoms with Gasteiger partial charge in [-0.2, -0.15) is 0 Å². The van der Waals surface area contributed by atoms with Gasteiger partial charge in [-0.3, -0.25) is 4.79 Å². The zero-order valence-corrected chi connectivity index (χ0v) is 12.6. The van der Waals surface area contributed by atoms with Gasteiger partial charge >= 0.3 is 0 Å². The summed E-state index contributed by atoms with van der Waals surface area (Å²) in [5.74, 6) is 0.281. The lowest BCUT2D eigenvalue weighted by atomic mass is 10.2. The first kappa shape index (κ1) is 15.8. The van der Waals surface area contributed by atoms with Crippen molar-refractivity contribution in [3.8, 4) is 5.75 Å². The van der Waals surface area contributed by atoms with Gasteiger partial charge in [0.1, 0.15) is 17.6 Å². The average molecular weight is 302 g/mol. The van der Waals surface area contributed by atoms with Gasteiger partial charge in [0.25, 0.3) is 0 Å². The Kier molecular flexibility index (Phi) is 5.36. The van der Waals surface area contributed by atoms with Gasteiger partial charge in [0.15, 0.2) is 0 Å². The number of ether oxygens (including phenoxy) is 1. The van der Waals surface area contributed by atoms with E-state index in [0.29, 0.717) is 18.0 Å². The first-order valence-electron chi connectivity index (χ1n) is 7.14. The highest BCUT2D eigenvalue weighted by Crippen LogP contribution is 2.16. The van der Waals surface area contributed by atoms with Crippen LogP contribution in [0.5, 0.6) is 5.75 Å². The molecule has 1 unspecified atom stereocenters. The molecule has 0 aliphatic carbocycles. The molecule has 2 aromatic rings. The largest absolute Gasteiger partial charge is 0.494 e. The van der Waals surface area contributed by atoms with Crippen molar-refractivity contribution in [1.82, 2.24) is 0 Å². The predicted octanol–water partition coefficient (Wildman–Crippen LogP) is 3.66. The number of carbonyl (C=O) groups is 1. The second-order valence-corrected chi connectivity index (χ2v) is 4.82. The fourth-order valence-corrected chi connectivity index (χ4v) is 1.91. The molecule has 4 nitrogen and oxygen atoms in total. The van der Waals surface area contributed by atoms with Gasteiger partial charge in [0.2, 0.25) is 5.91 Å². The minimum atomic E-state index is -0.447. The molecule has 1 atom stereocenters. The van der Waals surface area contributed by atoms with Gasteiger partial charge in [-0.15, -0.1) is 0 Å². The highest BCUT2D eigenvalue weighted by molar-refractivity contribution is 5.96. The van der Waals surface area contributed by atoms with Crippen LogP contribution in [0.1, 0.15) is 13.8 Å². The van der Waals surface area contributed by atoms with Crippen molar-refractivity contribution in [1.29, 1.82) is 0 Å².